The maximum Gasteiger partial charge on any atom is 0.294 e. The minimum atomic E-state index is -0.368. The van der Waals surface area contributed by atoms with Crippen molar-refractivity contribution in [2.45, 2.75) is 19.8 Å². The molecule has 3 rings (SSSR count). The van der Waals surface area contributed by atoms with E-state index in [1.807, 2.05) is 17.5 Å². The number of carbonyl (C=O) groups is 3. The molecular weight excluding hydrogens is 332 g/mol. The fraction of sp³-hybridized carbons (Fsp3) is 0.438. The van der Waals surface area contributed by atoms with Crippen LogP contribution in [0.5, 0.6) is 0 Å². The summed E-state index contributed by atoms with van der Waals surface area (Å²) in [4.78, 5) is 40.9. The molecule has 3 heterocycles. The minimum absolute atomic E-state index is 0.142. The van der Waals surface area contributed by atoms with Gasteiger partial charge in [-0.2, -0.15) is 0 Å². The van der Waals surface area contributed by atoms with Crippen molar-refractivity contribution in [3.63, 3.8) is 0 Å². The quantitative estimate of drug-likeness (QED) is 0.786. The fourth-order valence-corrected chi connectivity index (χ4v) is 4.19. The van der Waals surface area contributed by atoms with Crippen molar-refractivity contribution in [2.24, 2.45) is 5.92 Å². The first kappa shape index (κ1) is 16.3. The van der Waals surface area contributed by atoms with Crippen LogP contribution in [0.1, 0.15) is 24.6 Å². The lowest BCUT2D eigenvalue weighted by molar-refractivity contribution is -0.136. The highest BCUT2D eigenvalue weighted by atomic mass is 32.2. The molecule has 0 radical (unpaired) electrons. The summed E-state index contributed by atoms with van der Waals surface area (Å²) < 4.78 is 0. The molecule has 1 aromatic heterocycles. The second kappa shape index (κ2) is 6.88. The van der Waals surface area contributed by atoms with Crippen molar-refractivity contribution in [3.8, 4) is 0 Å². The highest BCUT2D eigenvalue weighted by molar-refractivity contribution is 8.18. The molecule has 0 spiro atoms. The molecule has 0 atom stereocenters. The van der Waals surface area contributed by atoms with Crippen molar-refractivity contribution in [2.75, 3.05) is 19.6 Å². The Morgan fingerprint density at radius 3 is 2.74 bits per heavy atom. The zero-order chi connectivity index (χ0) is 16.4. The first-order valence-corrected chi connectivity index (χ1v) is 9.31. The Kier molecular flexibility index (Phi) is 4.87. The van der Waals surface area contributed by atoms with Crippen LogP contribution in [0.25, 0.3) is 6.08 Å². The normalized spacial score (nSPS) is 21.5. The van der Waals surface area contributed by atoms with Crippen LogP contribution in [0.15, 0.2) is 22.4 Å². The Morgan fingerprint density at radius 1 is 1.35 bits per heavy atom. The summed E-state index contributed by atoms with van der Waals surface area (Å²) >= 11 is 2.41. The van der Waals surface area contributed by atoms with Gasteiger partial charge in [-0.25, -0.2) is 0 Å². The highest BCUT2D eigenvalue weighted by Gasteiger charge is 2.37. The van der Waals surface area contributed by atoms with Gasteiger partial charge in [0.1, 0.15) is 6.54 Å². The number of thiophene rings is 1. The Hall–Kier alpha value is -1.60. The topological polar surface area (TPSA) is 57.7 Å². The van der Waals surface area contributed by atoms with Crippen molar-refractivity contribution in [1.82, 2.24) is 9.80 Å². The van der Waals surface area contributed by atoms with Crippen molar-refractivity contribution < 1.29 is 14.4 Å². The lowest BCUT2D eigenvalue weighted by Crippen LogP contribution is -2.45. The number of hydrogen-bond donors (Lipinski definition) is 0. The largest absolute Gasteiger partial charge is 0.341 e. The molecule has 1 aromatic rings. The van der Waals surface area contributed by atoms with Crippen molar-refractivity contribution in [3.05, 3.63) is 27.3 Å². The molecule has 0 aromatic carbocycles. The number of rotatable bonds is 3. The Balaban J connectivity index is 1.65. The summed E-state index contributed by atoms with van der Waals surface area (Å²) in [6, 6.07) is 3.78. The second-order valence-electron chi connectivity index (χ2n) is 5.85. The third-order valence-electron chi connectivity index (χ3n) is 4.12. The van der Waals surface area contributed by atoms with Gasteiger partial charge in [0.15, 0.2) is 0 Å². The van der Waals surface area contributed by atoms with Gasteiger partial charge in [-0.15, -0.1) is 11.3 Å². The summed E-state index contributed by atoms with van der Waals surface area (Å²) in [6.45, 7) is 3.44. The molecule has 23 heavy (non-hydrogen) atoms. The fourth-order valence-electron chi connectivity index (χ4n) is 2.63. The van der Waals surface area contributed by atoms with Gasteiger partial charge < -0.3 is 4.90 Å². The molecule has 0 unspecified atom stereocenters. The van der Waals surface area contributed by atoms with Gasteiger partial charge in [-0.1, -0.05) is 13.0 Å². The Morgan fingerprint density at radius 2 is 2.09 bits per heavy atom. The molecule has 2 fully saturated rings. The third-order valence-corrected chi connectivity index (χ3v) is 5.85. The molecule has 0 aliphatic carbocycles. The Labute approximate surface area is 143 Å². The molecule has 0 N–H and O–H groups in total. The zero-order valence-electron chi connectivity index (χ0n) is 12.9. The zero-order valence-corrected chi connectivity index (χ0v) is 14.5. The van der Waals surface area contributed by atoms with Gasteiger partial charge >= 0.3 is 0 Å². The summed E-state index contributed by atoms with van der Waals surface area (Å²) in [5.41, 5.74) is 0. The molecule has 2 aliphatic heterocycles. The second-order valence-corrected chi connectivity index (χ2v) is 7.82. The number of piperidine rings is 1. The van der Waals surface area contributed by atoms with Crippen LogP contribution in [0.2, 0.25) is 0 Å². The maximum absolute atomic E-state index is 12.4. The average molecular weight is 350 g/mol. The van der Waals surface area contributed by atoms with Gasteiger partial charge in [0.2, 0.25) is 5.91 Å². The molecule has 0 saturated carbocycles. The molecule has 0 bridgehead atoms. The lowest BCUT2D eigenvalue weighted by atomic mass is 9.99. The van der Waals surface area contributed by atoms with E-state index >= 15 is 0 Å². The smallest absolute Gasteiger partial charge is 0.294 e. The van der Waals surface area contributed by atoms with E-state index in [1.165, 1.54) is 11.3 Å². The molecule has 5 nitrogen and oxygen atoms in total. The maximum atomic E-state index is 12.4. The van der Waals surface area contributed by atoms with Crippen molar-refractivity contribution in [1.29, 1.82) is 0 Å². The molecule has 122 valence electrons. The SMILES string of the molecule is CC1CCN(C(=O)CN2C(=O)S/C(=C\c3cccs3)C2=O)CC1. The van der Waals surface area contributed by atoms with Crippen LogP contribution in [0, 0.1) is 5.92 Å². The molecule has 2 aliphatic rings. The van der Waals surface area contributed by atoms with Crippen LogP contribution in [0.4, 0.5) is 4.79 Å². The Bertz CT molecular complexity index is 646. The predicted molar refractivity (Wildman–Crippen MR) is 92.0 cm³/mol. The summed E-state index contributed by atoms with van der Waals surface area (Å²) in [6.07, 6.45) is 3.67. The van der Waals surface area contributed by atoms with E-state index in [-0.39, 0.29) is 23.6 Å². The van der Waals surface area contributed by atoms with E-state index in [0.29, 0.717) is 23.9 Å². The highest BCUT2D eigenvalue weighted by Crippen LogP contribution is 2.33. The van der Waals surface area contributed by atoms with E-state index in [4.69, 9.17) is 0 Å². The van der Waals surface area contributed by atoms with Gasteiger partial charge in [-0.05, 0) is 48.0 Å². The number of hydrogen-bond acceptors (Lipinski definition) is 5. The molecule has 3 amide bonds. The number of imide groups is 1. The number of nitrogens with zero attached hydrogens (tertiary/aromatic N) is 2. The average Bonchev–Trinajstić information content (AvgIpc) is 3.12. The minimum Gasteiger partial charge on any atom is -0.341 e. The van der Waals surface area contributed by atoms with Gasteiger partial charge in [0.05, 0.1) is 4.91 Å². The number of likely N-dealkylation sites (tertiary alicyclic amines) is 1. The predicted octanol–water partition coefficient (Wildman–Crippen LogP) is 3.04. The summed E-state index contributed by atoms with van der Waals surface area (Å²) in [7, 11) is 0. The van der Waals surface area contributed by atoms with E-state index in [1.54, 1.807) is 11.0 Å². The van der Waals surface area contributed by atoms with Crippen LogP contribution in [0.3, 0.4) is 0 Å². The van der Waals surface area contributed by atoms with Crippen LogP contribution in [-0.4, -0.2) is 46.5 Å². The van der Waals surface area contributed by atoms with Crippen LogP contribution in [-0.2, 0) is 9.59 Å². The first-order chi connectivity index (χ1) is 11.0. The van der Waals surface area contributed by atoms with Gasteiger partial charge in [0, 0.05) is 18.0 Å². The number of carbonyl (C=O) groups excluding carboxylic acids is 3. The standard InChI is InChI=1S/C16H18N2O3S2/c1-11-4-6-17(7-5-11)14(19)10-18-15(20)13(23-16(18)21)9-12-3-2-8-22-12/h2-3,8-9,11H,4-7,10H2,1H3/b13-9-. The molecular formula is C16H18N2O3S2. The monoisotopic (exact) mass is 350 g/mol. The van der Waals surface area contributed by atoms with Crippen LogP contribution < -0.4 is 0 Å². The third kappa shape index (κ3) is 3.67. The van der Waals surface area contributed by atoms with E-state index in [0.717, 1.165) is 34.4 Å². The number of amides is 3. The van der Waals surface area contributed by atoms with Crippen LogP contribution >= 0.6 is 23.1 Å². The summed E-state index contributed by atoms with van der Waals surface area (Å²) in [5, 5.41) is 1.55. The summed E-state index contributed by atoms with van der Waals surface area (Å²) in [5.74, 6) is 0.119. The van der Waals surface area contributed by atoms with Crippen molar-refractivity contribution >= 4 is 46.2 Å². The van der Waals surface area contributed by atoms with Gasteiger partial charge in [-0.3, -0.25) is 19.3 Å². The first-order valence-electron chi connectivity index (χ1n) is 7.61. The molecule has 2 saturated heterocycles. The van der Waals surface area contributed by atoms with E-state index < -0.39 is 0 Å². The van der Waals surface area contributed by atoms with Gasteiger partial charge in [0.25, 0.3) is 11.1 Å². The van der Waals surface area contributed by atoms with E-state index in [2.05, 4.69) is 6.92 Å². The number of thioether (sulfide) groups is 1. The lowest BCUT2D eigenvalue weighted by Gasteiger charge is -2.31. The van der Waals surface area contributed by atoms with E-state index in [9.17, 15) is 14.4 Å². The molecule has 7 heteroatoms.